The molecule has 1 aromatic rings. The Labute approximate surface area is 153 Å². The first kappa shape index (κ1) is 20.0. The summed E-state index contributed by atoms with van der Waals surface area (Å²) in [5.41, 5.74) is 0.761. The van der Waals surface area contributed by atoms with Crippen molar-refractivity contribution >= 4 is 11.8 Å². The second kappa shape index (κ2) is 9.40. The maximum Gasteiger partial charge on any atom is 0.242 e. The van der Waals surface area contributed by atoms with E-state index < -0.39 is 12.1 Å². The molecule has 1 fully saturated rings. The van der Waals surface area contributed by atoms with Crippen LogP contribution in [0.15, 0.2) is 18.2 Å². The van der Waals surface area contributed by atoms with Crippen molar-refractivity contribution < 1.29 is 28.9 Å². The normalized spacial score (nSPS) is 19.8. The predicted octanol–water partition coefficient (Wildman–Crippen LogP) is 0.491. The van der Waals surface area contributed by atoms with Gasteiger partial charge in [0.05, 0.1) is 40.0 Å². The smallest absolute Gasteiger partial charge is 0.242 e. The van der Waals surface area contributed by atoms with Crippen LogP contribution >= 0.6 is 0 Å². The minimum Gasteiger partial charge on any atom is -0.493 e. The first-order valence-corrected chi connectivity index (χ1v) is 8.56. The SMILES string of the molecule is CCC(=O)NCC(=O)N1CCO[C@H](CO)[C@H]1c1ccc(OC)c(OC)c1. The highest BCUT2D eigenvalue weighted by Gasteiger charge is 2.36. The Morgan fingerprint density at radius 3 is 2.65 bits per heavy atom. The van der Waals surface area contributed by atoms with Gasteiger partial charge in [0, 0.05) is 13.0 Å². The van der Waals surface area contributed by atoms with E-state index in [4.69, 9.17) is 14.2 Å². The maximum absolute atomic E-state index is 12.7. The van der Waals surface area contributed by atoms with Gasteiger partial charge in [-0.3, -0.25) is 9.59 Å². The van der Waals surface area contributed by atoms with Gasteiger partial charge in [0.1, 0.15) is 6.10 Å². The number of methoxy groups -OCH3 is 2. The minimum absolute atomic E-state index is 0.0887. The fourth-order valence-corrected chi connectivity index (χ4v) is 3.00. The largest absolute Gasteiger partial charge is 0.493 e. The minimum atomic E-state index is -0.562. The van der Waals surface area contributed by atoms with E-state index in [0.717, 1.165) is 5.56 Å². The van der Waals surface area contributed by atoms with Crippen LogP contribution < -0.4 is 14.8 Å². The van der Waals surface area contributed by atoms with E-state index in [9.17, 15) is 14.7 Å². The molecule has 0 saturated carbocycles. The zero-order valence-electron chi connectivity index (χ0n) is 15.4. The fraction of sp³-hybridized carbons (Fsp3) is 0.556. The molecule has 8 nitrogen and oxygen atoms in total. The third kappa shape index (κ3) is 4.44. The molecule has 0 radical (unpaired) electrons. The van der Waals surface area contributed by atoms with E-state index in [1.165, 1.54) is 7.11 Å². The van der Waals surface area contributed by atoms with Crippen LogP contribution in [0.4, 0.5) is 0 Å². The van der Waals surface area contributed by atoms with Gasteiger partial charge in [-0.1, -0.05) is 13.0 Å². The summed E-state index contributed by atoms with van der Waals surface area (Å²) < 4.78 is 16.2. The number of hydrogen-bond donors (Lipinski definition) is 2. The predicted molar refractivity (Wildman–Crippen MR) is 94.1 cm³/mol. The van der Waals surface area contributed by atoms with Crippen molar-refractivity contribution in [2.24, 2.45) is 0 Å². The Morgan fingerprint density at radius 1 is 1.31 bits per heavy atom. The first-order valence-electron chi connectivity index (χ1n) is 8.56. The second-order valence-corrected chi connectivity index (χ2v) is 5.87. The van der Waals surface area contributed by atoms with Gasteiger partial charge in [0.25, 0.3) is 0 Å². The Hall–Kier alpha value is -2.32. The van der Waals surface area contributed by atoms with Crippen molar-refractivity contribution in [3.8, 4) is 11.5 Å². The maximum atomic E-state index is 12.7. The highest BCUT2D eigenvalue weighted by atomic mass is 16.5. The van der Waals surface area contributed by atoms with Gasteiger partial charge in [0.2, 0.25) is 11.8 Å². The van der Waals surface area contributed by atoms with E-state index in [-0.39, 0.29) is 25.0 Å². The highest BCUT2D eigenvalue weighted by molar-refractivity contribution is 5.85. The molecule has 0 aliphatic carbocycles. The molecular weight excluding hydrogens is 340 g/mol. The lowest BCUT2D eigenvalue weighted by atomic mass is 9.97. The molecule has 2 atom stereocenters. The Bertz CT molecular complexity index is 636. The highest BCUT2D eigenvalue weighted by Crippen LogP contribution is 2.35. The van der Waals surface area contributed by atoms with Gasteiger partial charge >= 0.3 is 0 Å². The number of morpholine rings is 1. The molecule has 0 unspecified atom stereocenters. The molecule has 1 heterocycles. The van der Waals surface area contributed by atoms with Crippen LogP contribution in [0, 0.1) is 0 Å². The number of carbonyl (C=O) groups excluding carboxylic acids is 2. The summed E-state index contributed by atoms with van der Waals surface area (Å²) >= 11 is 0. The molecule has 0 bridgehead atoms. The van der Waals surface area contributed by atoms with Crippen LogP contribution in [0.3, 0.4) is 0 Å². The number of aliphatic hydroxyl groups excluding tert-OH is 1. The molecule has 144 valence electrons. The van der Waals surface area contributed by atoms with Gasteiger partial charge in [-0.25, -0.2) is 0 Å². The molecule has 1 aromatic carbocycles. The van der Waals surface area contributed by atoms with Gasteiger partial charge in [-0.15, -0.1) is 0 Å². The summed E-state index contributed by atoms with van der Waals surface area (Å²) in [5, 5.41) is 12.3. The summed E-state index contributed by atoms with van der Waals surface area (Å²) in [6.45, 7) is 2.10. The molecule has 0 aromatic heterocycles. The topological polar surface area (TPSA) is 97.3 Å². The fourth-order valence-electron chi connectivity index (χ4n) is 3.00. The molecule has 1 aliphatic heterocycles. The summed E-state index contributed by atoms with van der Waals surface area (Å²) in [4.78, 5) is 25.7. The third-order valence-electron chi connectivity index (χ3n) is 4.36. The zero-order chi connectivity index (χ0) is 19.1. The molecule has 2 N–H and O–H groups in total. The van der Waals surface area contributed by atoms with Crippen LogP contribution in [0.5, 0.6) is 11.5 Å². The molecule has 0 spiro atoms. The molecular formula is C18H26N2O6. The van der Waals surface area contributed by atoms with E-state index >= 15 is 0 Å². The third-order valence-corrected chi connectivity index (χ3v) is 4.36. The number of ether oxygens (including phenoxy) is 3. The van der Waals surface area contributed by atoms with Crippen molar-refractivity contribution in [2.75, 3.05) is 40.5 Å². The van der Waals surface area contributed by atoms with Crippen molar-refractivity contribution in [2.45, 2.75) is 25.5 Å². The average Bonchev–Trinajstić information content (AvgIpc) is 2.70. The number of amides is 2. The van der Waals surface area contributed by atoms with Crippen LogP contribution in [-0.2, 0) is 14.3 Å². The summed E-state index contributed by atoms with van der Waals surface area (Å²) in [7, 11) is 3.08. The monoisotopic (exact) mass is 366 g/mol. The summed E-state index contributed by atoms with van der Waals surface area (Å²) in [6, 6.07) is 4.85. The number of nitrogens with zero attached hydrogens (tertiary/aromatic N) is 1. The Morgan fingerprint density at radius 2 is 2.04 bits per heavy atom. The molecule has 2 rings (SSSR count). The van der Waals surface area contributed by atoms with Gasteiger partial charge < -0.3 is 29.5 Å². The quantitative estimate of drug-likeness (QED) is 0.729. The molecule has 2 amide bonds. The van der Waals surface area contributed by atoms with Crippen molar-refractivity contribution in [1.82, 2.24) is 10.2 Å². The number of nitrogens with one attached hydrogen (secondary N) is 1. The number of aliphatic hydroxyl groups is 1. The lowest BCUT2D eigenvalue weighted by Gasteiger charge is -2.41. The average molecular weight is 366 g/mol. The van der Waals surface area contributed by atoms with Crippen LogP contribution in [-0.4, -0.2) is 68.4 Å². The Kier molecular flexibility index (Phi) is 7.23. The van der Waals surface area contributed by atoms with Crippen molar-refractivity contribution in [3.05, 3.63) is 23.8 Å². The number of hydrogen-bond acceptors (Lipinski definition) is 6. The number of benzene rings is 1. The lowest BCUT2D eigenvalue weighted by Crippen LogP contribution is -2.52. The van der Waals surface area contributed by atoms with Gasteiger partial charge in [-0.2, -0.15) is 0 Å². The van der Waals surface area contributed by atoms with Crippen molar-refractivity contribution in [1.29, 1.82) is 0 Å². The van der Waals surface area contributed by atoms with E-state index in [0.29, 0.717) is 31.1 Å². The van der Waals surface area contributed by atoms with Crippen molar-refractivity contribution in [3.63, 3.8) is 0 Å². The number of rotatable bonds is 7. The molecule has 8 heteroatoms. The molecule has 26 heavy (non-hydrogen) atoms. The standard InChI is InChI=1S/C18H26N2O6/c1-4-16(22)19-10-17(23)20-7-8-26-15(11-21)18(20)12-5-6-13(24-2)14(9-12)25-3/h5-6,9,15,18,21H,4,7-8,10-11H2,1-3H3,(H,19,22)/t15-,18-/m1/s1. The Balaban J connectivity index is 2.29. The molecule has 1 aliphatic rings. The lowest BCUT2D eigenvalue weighted by molar-refractivity contribution is -0.149. The first-order chi connectivity index (χ1) is 12.5. The van der Waals surface area contributed by atoms with Gasteiger partial charge in [-0.05, 0) is 17.7 Å². The summed E-state index contributed by atoms with van der Waals surface area (Å²) in [6.07, 6.45) is -0.248. The van der Waals surface area contributed by atoms with Gasteiger partial charge in [0.15, 0.2) is 11.5 Å². The zero-order valence-corrected chi connectivity index (χ0v) is 15.4. The second-order valence-electron chi connectivity index (χ2n) is 5.87. The van der Waals surface area contributed by atoms with E-state index in [1.807, 2.05) is 6.07 Å². The van der Waals surface area contributed by atoms with Crippen LogP contribution in [0.2, 0.25) is 0 Å². The van der Waals surface area contributed by atoms with E-state index in [2.05, 4.69) is 5.32 Å². The van der Waals surface area contributed by atoms with E-state index in [1.54, 1.807) is 31.1 Å². The van der Waals surface area contributed by atoms with Crippen LogP contribution in [0.1, 0.15) is 24.9 Å². The molecule has 1 saturated heterocycles. The van der Waals surface area contributed by atoms with Crippen LogP contribution in [0.25, 0.3) is 0 Å². The number of carbonyl (C=O) groups is 2. The summed E-state index contributed by atoms with van der Waals surface area (Å²) in [5.74, 6) is 0.682.